The predicted molar refractivity (Wildman–Crippen MR) is 174 cm³/mol. The Labute approximate surface area is 259 Å². The van der Waals surface area contributed by atoms with Crippen LogP contribution < -0.4 is 9.62 Å². The number of amides is 2. The van der Waals surface area contributed by atoms with Gasteiger partial charge in [0.1, 0.15) is 6.04 Å². The molecule has 1 atom stereocenters. The van der Waals surface area contributed by atoms with E-state index in [0.29, 0.717) is 18.5 Å². The Balaban J connectivity index is 1.92. The fraction of sp³-hybridized carbons (Fsp3) is 0.394. The van der Waals surface area contributed by atoms with E-state index >= 15 is 0 Å². The minimum Gasteiger partial charge on any atom is -0.350 e. The first-order chi connectivity index (χ1) is 19.6. The van der Waals surface area contributed by atoms with Gasteiger partial charge >= 0.3 is 0 Å². The molecule has 0 heterocycles. The molecule has 0 bridgehead atoms. The third-order valence-electron chi connectivity index (χ3n) is 6.66. The van der Waals surface area contributed by atoms with Crippen molar-refractivity contribution in [1.82, 2.24) is 10.2 Å². The maximum atomic E-state index is 14.0. The molecular weight excluding hydrogens is 614 g/mol. The molecule has 0 fully saturated rings. The van der Waals surface area contributed by atoms with E-state index in [1.54, 1.807) is 4.90 Å². The van der Waals surface area contributed by atoms with Gasteiger partial charge in [0, 0.05) is 35.9 Å². The first-order valence-electron chi connectivity index (χ1n) is 14.1. The Hall–Kier alpha value is -3.17. The van der Waals surface area contributed by atoms with Crippen LogP contribution in [-0.4, -0.2) is 49.5 Å². The fourth-order valence-corrected chi connectivity index (χ4v) is 6.33. The molecule has 42 heavy (non-hydrogen) atoms. The molecule has 0 saturated carbocycles. The van der Waals surface area contributed by atoms with Crippen molar-refractivity contribution < 1.29 is 18.0 Å². The molecule has 3 aromatic carbocycles. The van der Waals surface area contributed by atoms with Crippen molar-refractivity contribution in [3.05, 3.63) is 99.5 Å². The smallest absolute Gasteiger partial charge is 0.243 e. The molecule has 0 aromatic heterocycles. The number of nitrogens with zero attached hydrogens (tertiary/aromatic N) is 2. The minimum absolute atomic E-state index is 0.0823. The average Bonchev–Trinajstić information content (AvgIpc) is 2.86. The molecule has 0 aliphatic heterocycles. The van der Waals surface area contributed by atoms with Crippen molar-refractivity contribution in [3.8, 4) is 0 Å². The van der Waals surface area contributed by atoms with Crippen molar-refractivity contribution >= 4 is 43.5 Å². The van der Waals surface area contributed by atoms with Gasteiger partial charge in [0.15, 0.2) is 0 Å². The number of anilines is 1. The maximum Gasteiger partial charge on any atom is 0.243 e. The lowest BCUT2D eigenvalue weighted by Gasteiger charge is -2.34. The van der Waals surface area contributed by atoms with Gasteiger partial charge in [-0.1, -0.05) is 64.5 Å². The van der Waals surface area contributed by atoms with E-state index in [0.717, 1.165) is 26.7 Å². The van der Waals surface area contributed by atoms with E-state index in [1.807, 2.05) is 107 Å². The van der Waals surface area contributed by atoms with Crippen molar-refractivity contribution in [1.29, 1.82) is 0 Å². The van der Waals surface area contributed by atoms with Crippen LogP contribution in [-0.2, 0) is 32.6 Å². The zero-order valence-corrected chi connectivity index (χ0v) is 27.8. The first-order valence-corrected chi connectivity index (χ1v) is 16.7. The number of sulfonamides is 1. The Morgan fingerprint density at radius 2 is 1.52 bits per heavy atom. The topological polar surface area (TPSA) is 86.8 Å². The summed E-state index contributed by atoms with van der Waals surface area (Å²) in [4.78, 5) is 29.3. The summed E-state index contributed by atoms with van der Waals surface area (Å²) >= 11 is 3.51. The molecular formula is C33H42BrN3O4S. The highest BCUT2D eigenvalue weighted by Crippen LogP contribution is 2.23. The lowest BCUT2D eigenvalue weighted by atomic mass is 10.00. The number of hydrogen-bond acceptors (Lipinski definition) is 4. The van der Waals surface area contributed by atoms with Gasteiger partial charge in [-0.25, -0.2) is 8.42 Å². The van der Waals surface area contributed by atoms with E-state index in [1.165, 1.54) is 10.6 Å². The van der Waals surface area contributed by atoms with Crippen LogP contribution in [0.3, 0.4) is 0 Å². The molecule has 3 rings (SSSR count). The van der Waals surface area contributed by atoms with Crippen LogP contribution in [0.4, 0.5) is 5.69 Å². The molecule has 0 radical (unpaired) electrons. The number of rotatable bonds is 12. The summed E-state index contributed by atoms with van der Waals surface area (Å²) in [7, 11) is -3.57. The van der Waals surface area contributed by atoms with Gasteiger partial charge in [-0.15, -0.1) is 0 Å². The number of nitrogens with one attached hydrogen (secondary N) is 1. The molecule has 7 nitrogen and oxygen atoms in total. The molecule has 2 amide bonds. The van der Waals surface area contributed by atoms with Crippen LogP contribution in [0.1, 0.15) is 55.9 Å². The number of carbonyl (C=O) groups excluding carboxylic acids is 2. The molecule has 0 aliphatic rings. The summed E-state index contributed by atoms with van der Waals surface area (Å²) in [6.07, 6.45) is 1.91. The average molecular weight is 657 g/mol. The van der Waals surface area contributed by atoms with Crippen LogP contribution in [0.5, 0.6) is 0 Å². The molecule has 226 valence electrons. The SMILES string of the molecule is Cc1cc(C)cc(N(CCCC(=O)N(Cc2cccc(Br)c2)[C@@H](Cc2ccccc2)C(=O)NC(C)(C)C)S(C)(=O)=O)c1. The molecule has 0 unspecified atom stereocenters. The number of carbonyl (C=O) groups is 2. The van der Waals surface area contributed by atoms with Gasteiger partial charge in [-0.3, -0.25) is 13.9 Å². The summed E-state index contributed by atoms with van der Waals surface area (Å²) in [6, 6.07) is 22.2. The monoisotopic (exact) mass is 655 g/mol. The highest BCUT2D eigenvalue weighted by molar-refractivity contribution is 9.10. The molecule has 0 saturated heterocycles. The third-order valence-corrected chi connectivity index (χ3v) is 8.35. The van der Waals surface area contributed by atoms with Crippen LogP contribution in [0.15, 0.2) is 77.3 Å². The van der Waals surface area contributed by atoms with Crippen LogP contribution in [0, 0.1) is 13.8 Å². The second-order valence-electron chi connectivity index (χ2n) is 11.9. The van der Waals surface area contributed by atoms with Gasteiger partial charge in [0.25, 0.3) is 0 Å². The number of aryl methyl sites for hydroxylation is 2. The largest absolute Gasteiger partial charge is 0.350 e. The minimum atomic E-state index is -3.57. The van der Waals surface area contributed by atoms with Crippen molar-refractivity contribution in [3.63, 3.8) is 0 Å². The zero-order valence-electron chi connectivity index (χ0n) is 25.4. The summed E-state index contributed by atoms with van der Waals surface area (Å²) in [5.41, 5.74) is 3.84. The second kappa shape index (κ2) is 14.3. The maximum absolute atomic E-state index is 14.0. The second-order valence-corrected chi connectivity index (χ2v) is 14.7. The fourth-order valence-electron chi connectivity index (χ4n) is 4.94. The van der Waals surface area contributed by atoms with E-state index in [2.05, 4.69) is 21.2 Å². The standard InChI is InChI=1S/C33H42BrN3O4S/c1-24-18-25(2)20-29(19-24)37(42(6,40)41)17-11-16-31(38)36(23-27-14-10-15-28(34)21-27)30(32(39)35-33(3,4)5)22-26-12-8-7-9-13-26/h7-10,12-15,18-21,30H,11,16-17,22-23H2,1-6H3,(H,35,39)/t30-/m0/s1. The van der Waals surface area contributed by atoms with Crippen molar-refractivity contribution in [2.24, 2.45) is 0 Å². The third kappa shape index (κ3) is 10.3. The van der Waals surface area contributed by atoms with E-state index in [9.17, 15) is 18.0 Å². The molecule has 9 heteroatoms. The van der Waals surface area contributed by atoms with Crippen LogP contribution in [0.2, 0.25) is 0 Å². The molecule has 3 aromatic rings. The van der Waals surface area contributed by atoms with Crippen LogP contribution in [0.25, 0.3) is 0 Å². The Morgan fingerprint density at radius 3 is 2.10 bits per heavy atom. The van der Waals surface area contributed by atoms with Gasteiger partial charge in [0.05, 0.1) is 11.9 Å². The Bertz CT molecular complexity index is 1470. The normalized spacial score (nSPS) is 12.5. The zero-order chi connectivity index (χ0) is 31.1. The quantitative estimate of drug-likeness (QED) is 0.253. The number of hydrogen-bond donors (Lipinski definition) is 1. The van der Waals surface area contributed by atoms with E-state index in [4.69, 9.17) is 0 Å². The van der Waals surface area contributed by atoms with Gasteiger partial charge in [0.2, 0.25) is 21.8 Å². The molecule has 1 N–H and O–H groups in total. The molecule has 0 aliphatic carbocycles. The van der Waals surface area contributed by atoms with Gasteiger partial charge in [-0.05, 0) is 87.6 Å². The summed E-state index contributed by atoms with van der Waals surface area (Å²) in [5.74, 6) is -0.448. The van der Waals surface area contributed by atoms with E-state index in [-0.39, 0.29) is 31.3 Å². The van der Waals surface area contributed by atoms with Gasteiger partial charge in [-0.2, -0.15) is 0 Å². The lowest BCUT2D eigenvalue weighted by Crippen LogP contribution is -2.54. The lowest BCUT2D eigenvalue weighted by molar-refractivity contribution is -0.142. The Kier molecular flexibility index (Phi) is 11.4. The molecule has 0 spiro atoms. The van der Waals surface area contributed by atoms with Crippen molar-refractivity contribution in [2.75, 3.05) is 17.1 Å². The highest BCUT2D eigenvalue weighted by Gasteiger charge is 2.32. The predicted octanol–water partition coefficient (Wildman–Crippen LogP) is 6.17. The van der Waals surface area contributed by atoms with Crippen LogP contribution >= 0.6 is 15.9 Å². The number of benzene rings is 3. The first kappa shape index (κ1) is 33.3. The summed E-state index contributed by atoms with van der Waals surface area (Å²) < 4.78 is 27.7. The van der Waals surface area contributed by atoms with Gasteiger partial charge < -0.3 is 10.2 Å². The van der Waals surface area contributed by atoms with E-state index < -0.39 is 21.6 Å². The summed E-state index contributed by atoms with van der Waals surface area (Å²) in [6.45, 7) is 9.98. The Morgan fingerprint density at radius 1 is 0.905 bits per heavy atom. The number of halogens is 1. The highest BCUT2D eigenvalue weighted by atomic mass is 79.9. The van der Waals surface area contributed by atoms with Crippen molar-refractivity contribution in [2.45, 2.75) is 72.0 Å². The summed E-state index contributed by atoms with van der Waals surface area (Å²) in [5, 5.41) is 3.07.